The van der Waals surface area contributed by atoms with Crippen molar-refractivity contribution in [3.63, 3.8) is 0 Å². The number of halogens is 1. The van der Waals surface area contributed by atoms with Gasteiger partial charge in [0.25, 0.3) is 0 Å². The van der Waals surface area contributed by atoms with Gasteiger partial charge in [-0.15, -0.1) is 6.58 Å². The Morgan fingerprint density at radius 3 is 2.67 bits per heavy atom. The molecule has 0 saturated heterocycles. The Hall–Kier alpha value is -1.44. The SMILES string of the molecule is C=CCN(CCO)S(=O)(=O)c1ccc(F)cc1N. The minimum Gasteiger partial charge on any atom is -0.398 e. The Bertz CT molecular complexity index is 531. The first-order valence-electron chi connectivity index (χ1n) is 5.20. The maximum atomic E-state index is 12.9. The van der Waals surface area contributed by atoms with Gasteiger partial charge in [0.1, 0.15) is 10.7 Å². The molecule has 0 aliphatic carbocycles. The zero-order valence-electron chi connectivity index (χ0n) is 9.71. The number of benzene rings is 1. The average molecular weight is 274 g/mol. The summed E-state index contributed by atoms with van der Waals surface area (Å²) in [7, 11) is -3.86. The average Bonchev–Trinajstić information content (AvgIpc) is 2.28. The maximum absolute atomic E-state index is 12.9. The monoisotopic (exact) mass is 274 g/mol. The standard InChI is InChI=1S/C11H15FN2O3S/c1-2-5-14(6-7-15)18(16,17)11-4-3-9(12)8-10(11)13/h2-4,8,15H,1,5-7,13H2. The van der Waals surface area contributed by atoms with Gasteiger partial charge < -0.3 is 10.8 Å². The van der Waals surface area contributed by atoms with Gasteiger partial charge in [0, 0.05) is 13.1 Å². The fourth-order valence-corrected chi connectivity index (χ4v) is 2.96. The van der Waals surface area contributed by atoms with Crippen LogP contribution in [-0.4, -0.2) is 37.5 Å². The molecule has 0 unspecified atom stereocenters. The van der Waals surface area contributed by atoms with Crippen molar-refractivity contribution in [2.45, 2.75) is 4.90 Å². The predicted molar refractivity (Wildman–Crippen MR) is 66.9 cm³/mol. The number of hydrogen-bond donors (Lipinski definition) is 2. The highest BCUT2D eigenvalue weighted by Crippen LogP contribution is 2.22. The fourth-order valence-electron chi connectivity index (χ4n) is 1.46. The Labute approximate surface area is 105 Å². The number of nitrogens with zero attached hydrogens (tertiary/aromatic N) is 1. The third kappa shape index (κ3) is 3.06. The molecule has 1 aromatic rings. The molecule has 3 N–H and O–H groups in total. The zero-order valence-corrected chi connectivity index (χ0v) is 10.5. The molecule has 0 amide bonds. The highest BCUT2D eigenvalue weighted by molar-refractivity contribution is 7.89. The summed E-state index contributed by atoms with van der Waals surface area (Å²) in [4.78, 5) is -0.181. The molecule has 1 aromatic carbocycles. The molecule has 0 spiro atoms. The maximum Gasteiger partial charge on any atom is 0.245 e. The van der Waals surface area contributed by atoms with Crippen LogP contribution < -0.4 is 5.73 Å². The first kappa shape index (κ1) is 14.6. The van der Waals surface area contributed by atoms with Crippen LogP contribution in [0.4, 0.5) is 10.1 Å². The molecule has 0 aliphatic heterocycles. The highest BCUT2D eigenvalue weighted by Gasteiger charge is 2.25. The Kier molecular flexibility index (Phi) is 4.83. The third-order valence-corrected chi connectivity index (χ3v) is 4.21. The lowest BCUT2D eigenvalue weighted by molar-refractivity contribution is 0.260. The minimum atomic E-state index is -3.86. The van der Waals surface area contributed by atoms with E-state index < -0.39 is 15.8 Å². The van der Waals surface area contributed by atoms with Crippen LogP contribution in [0.2, 0.25) is 0 Å². The molecule has 100 valence electrons. The van der Waals surface area contributed by atoms with E-state index in [0.29, 0.717) is 0 Å². The lowest BCUT2D eigenvalue weighted by Gasteiger charge is -2.20. The van der Waals surface area contributed by atoms with E-state index >= 15 is 0 Å². The molecule has 0 aliphatic rings. The number of aliphatic hydroxyl groups is 1. The van der Waals surface area contributed by atoms with Crippen LogP contribution in [0.3, 0.4) is 0 Å². The second-order valence-electron chi connectivity index (χ2n) is 3.56. The highest BCUT2D eigenvalue weighted by atomic mass is 32.2. The Morgan fingerprint density at radius 2 is 2.17 bits per heavy atom. The first-order chi connectivity index (χ1) is 8.43. The summed E-state index contributed by atoms with van der Waals surface area (Å²) < 4.78 is 38.3. The van der Waals surface area contributed by atoms with Gasteiger partial charge in [-0.05, 0) is 18.2 Å². The molecule has 0 radical (unpaired) electrons. The van der Waals surface area contributed by atoms with Crippen molar-refractivity contribution in [3.8, 4) is 0 Å². The second-order valence-corrected chi connectivity index (χ2v) is 5.46. The molecule has 18 heavy (non-hydrogen) atoms. The van der Waals surface area contributed by atoms with Crippen molar-refractivity contribution in [1.82, 2.24) is 4.31 Å². The van der Waals surface area contributed by atoms with Crippen molar-refractivity contribution in [2.75, 3.05) is 25.4 Å². The normalized spacial score (nSPS) is 11.7. The summed E-state index contributed by atoms with van der Waals surface area (Å²) in [5.74, 6) is -0.608. The van der Waals surface area contributed by atoms with Gasteiger partial charge in [-0.25, -0.2) is 12.8 Å². The second kappa shape index (κ2) is 5.94. The van der Waals surface area contributed by atoms with Crippen molar-refractivity contribution in [1.29, 1.82) is 0 Å². The van der Waals surface area contributed by atoms with E-state index in [4.69, 9.17) is 10.8 Å². The van der Waals surface area contributed by atoms with E-state index in [0.717, 1.165) is 22.5 Å². The number of sulfonamides is 1. The van der Waals surface area contributed by atoms with Crippen LogP contribution in [-0.2, 0) is 10.0 Å². The van der Waals surface area contributed by atoms with E-state index in [9.17, 15) is 12.8 Å². The van der Waals surface area contributed by atoms with Gasteiger partial charge in [-0.2, -0.15) is 4.31 Å². The van der Waals surface area contributed by atoms with Gasteiger partial charge in [0.05, 0.1) is 12.3 Å². The summed E-state index contributed by atoms with van der Waals surface area (Å²) >= 11 is 0. The molecule has 7 heteroatoms. The van der Waals surface area contributed by atoms with Gasteiger partial charge in [0.15, 0.2) is 0 Å². The van der Waals surface area contributed by atoms with Crippen molar-refractivity contribution >= 4 is 15.7 Å². The van der Waals surface area contributed by atoms with Crippen LogP contribution >= 0.6 is 0 Å². The van der Waals surface area contributed by atoms with E-state index in [2.05, 4.69) is 6.58 Å². The van der Waals surface area contributed by atoms with Crippen molar-refractivity contribution < 1.29 is 17.9 Å². The van der Waals surface area contributed by atoms with Crippen LogP contribution in [0.5, 0.6) is 0 Å². The number of anilines is 1. The fraction of sp³-hybridized carbons (Fsp3) is 0.273. The number of aliphatic hydroxyl groups excluding tert-OH is 1. The molecule has 0 bridgehead atoms. The largest absolute Gasteiger partial charge is 0.398 e. The van der Waals surface area contributed by atoms with E-state index in [1.165, 1.54) is 6.08 Å². The summed E-state index contributed by atoms with van der Waals surface area (Å²) in [6.07, 6.45) is 1.40. The number of nitrogens with two attached hydrogens (primary N) is 1. The summed E-state index contributed by atoms with van der Waals surface area (Å²) in [5.41, 5.74) is 5.34. The zero-order chi connectivity index (χ0) is 13.8. The molecule has 5 nitrogen and oxygen atoms in total. The van der Waals surface area contributed by atoms with Gasteiger partial charge in [-0.3, -0.25) is 0 Å². The molecule has 0 heterocycles. The molecule has 0 saturated carbocycles. The Morgan fingerprint density at radius 1 is 1.50 bits per heavy atom. The summed E-state index contributed by atoms with van der Waals surface area (Å²) in [6.45, 7) is 3.09. The molecule has 0 fully saturated rings. The minimum absolute atomic E-state index is 0.0414. The molecular formula is C11H15FN2O3S. The third-order valence-electron chi connectivity index (χ3n) is 2.27. The van der Waals surface area contributed by atoms with Gasteiger partial charge >= 0.3 is 0 Å². The van der Waals surface area contributed by atoms with Crippen LogP contribution in [0.1, 0.15) is 0 Å². The van der Waals surface area contributed by atoms with Gasteiger partial charge in [0.2, 0.25) is 10.0 Å². The topological polar surface area (TPSA) is 83.6 Å². The lowest BCUT2D eigenvalue weighted by Crippen LogP contribution is -2.34. The predicted octanol–water partition coefficient (Wildman–Crippen LogP) is 0.577. The quantitative estimate of drug-likeness (QED) is 0.587. The number of nitrogen functional groups attached to an aromatic ring is 1. The first-order valence-corrected chi connectivity index (χ1v) is 6.64. The van der Waals surface area contributed by atoms with Crippen LogP contribution in [0.15, 0.2) is 35.7 Å². The smallest absolute Gasteiger partial charge is 0.245 e. The molecule has 1 rings (SSSR count). The number of hydrogen-bond acceptors (Lipinski definition) is 4. The molecule has 0 atom stereocenters. The van der Waals surface area contributed by atoms with Crippen molar-refractivity contribution in [2.24, 2.45) is 0 Å². The molecule has 0 aromatic heterocycles. The molecular weight excluding hydrogens is 259 g/mol. The lowest BCUT2D eigenvalue weighted by atomic mass is 10.3. The summed E-state index contributed by atoms with van der Waals surface area (Å²) in [6, 6.07) is 3.07. The van der Waals surface area contributed by atoms with Crippen LogP contribution in [0.25, 0.3) is 0 Å². The van der Waals surface area contributed by atoms with E-state index in [1.807, 2.05) is 0 Å². The number of rotatable bonds is 6. The van der Waals surface area contributed by atoms with E-state index in [-0.39, 0.29) is 30.3 Å². The van der Waals surface area contributed by atoms with E-state index in [1.54, 1.807) is 0 Å². The van der Waals surface area contributed by atoms with Crippen molar-refractivity contribution in [3.05, 3.63) is 36.7 Å². The summed E-state index contributed by atoms with van der Waals surface area (Å²) in [5, 5.41) is 8.86. The van der Waals surface area contributed by atoms with Gasteiger partial charge in [-0.1, -0.05) is 6.08 Å². The van der Waals surface area contributed by atoms with Crippen LogP contribution in [0, 0.1) is 5.82 Å². The Balaban J connectivity index is 3.21.